The minimum atomic E-state index is -4.92. The van der Waals surface area contributed by atoms with Gasteiger partial charge in [-0.15, -0.1) is 13.2 Å². The number of halogens is 6. The molecule has 0 saturated heterocycles. The van der Waals surface area contributed by atoms with E-state index in [9.17, 15) is 26.3 Å². The highest BCUT2D eigenvalue weighted by atomic mass is 19.4. The maximum atomic E-state index is 12.9. The van der Waals surface area contributed by atoms with Crippen LogP contribution in [0, 0.1) is 6.92 Å². The number of para-hydroxylation sites is 1. The molecule has 0 amide bonds. The molecule has 2 aromatic carbocycles. The van der Waals surface area contributed by atoms with Crippen LogP contribution in [-0.2, 0) is 6.18 Å². The molecule has 0 spiro atoms. The lowest BCUT2D eigenvalue weighted by molar-refractivity contribution is -0.274. The molecule has 7 heteroatoms. The van der Waals surface area contributed by atoms with E-state index in [0.717, 1.165) is 12.1 Å². The fourth-order valence-electron chi connectivity index (χ4n) is 2.01. The first-order chi connectivity index (χ1) is 10.1. The SMILES string of the molecule is Cc1ccc(-c2ccccc2OC(F)(F)F)cc1C(F)(F)F. The van der Waals surface area contributed by atoms with Crippen molar-refractivity contribution in [3.05, 3.63) is 53.6 Å². The summed E-state index contributed by atoms with van der Waals surface area (Å²) in [5, 5.41) is 0. The Morgan fingerprint density at radius 3 is 2.09 bits per heavy atom. The molecule has 0 N–H and O–H groups in total. The second-order valence-electron chi connectivity index (χ2n) is 4.57. The second kappa shape index (κ2) is 5.55. The van der Waals surface area contributed by atoms with E-state index in [2.05, 4.69) is 4.74 Å². The molecule has 0 heterocycles. The van der Waals surface area contributed by atoms with Crippen LogP contribution in [0.4, 0.5) is 26.3 Å². The highest BCUT2D eigenvalue weighted by Gasteiger charge is 2.34. The van der Waals surface area contributed by atoms with Crippen molar-refractivity contribution >= 4 is 0 Å². The van der Waals surface area contributed by atoms with Gasteiger partial charge in [0.15, 0.2) is 0 Å². The molecular formula is C15H10F6O. The van der Waals surface area contributed by atoms with E-state index in [4.69, 9.17) is 0 Å². The van der Waals surface area contributed by atoms with Crippen molar-refractivity contribution in [3.63, 3.8) is 0 Å². The molecule has 118 valence electrons. The molecule has 0 aliphatic heterocycles. The summed E-state index contributed by atoms with van der Waals surface area (Å²) in [6, 6.07) is 8.40. The van der Waals surface area contributed by atoms with Crippen molar-refractivity contribution in [2.75, 3.05) is 0 Å². The monoisotopic (exact) mass is 320 g/mol. The van der Waals surface area contributed by atoms with Gasteiger partial charge >= 0.3 is 12.5 Å². The molecule has 0 fully saturated rings. The molecule has 0 atom stereocenters. The summed E-state index contributed by atoms with van der Waals surface area (Å²) in [7, 11) is 0. The molecular weight excluding hydrogens is 310 g/mol. The molecule has 22 heavy (non-hydrogen) atoms. The number of aryl methyl sites for hydroxylation is 1. The lowest BCUT2D eigenvalue weighted by Gasteiger charge is -2.15. The molecule has 0 aromatic heterocycles. The average Bonchev–Trinajstić information content (AvgIpc) is 2.37. The Labute approximate surface area is 122 Å². The Bertz CT molecular complexity index is 672. The van der Waals surface area contributed by atoms with Crippen LogP contribution in [0.3, 0.4) is 0 Å². The van der Waals surface area contributed by atoms with E-state index >= 15 is 0 Å². The van der Waals surface area contributed by atoms with Crippen molar-refractivity contribution in [2.24, 2.45) is 0 Å². The number of hydrogen-bond acceptors (Lipinski definition) is 1. The molecule has 2 aromatic rings. The highest BCUT2D eigenvalue weighted by Crippen LogP contribution is 2.38. The third-order valence-corrected chi connectivity index (χ3v) is 2.97. The Morgan fingerprint density at radius 1 is 0.864 bits per heavy atom. The maximum Gasteiger partial charge on any atom is 0.573 e. The zero-order chi connectivity index (χ0) is 16.5. The zero-order valence-corrected chi connectivity index (χ0v) is 11.2. The maximum absolute atomic E-state index is 12.9. The van der Waals surface area contributed by atoms with Crippen LogP contribution in [-0.4, -0.2) is 6.36 Å². The minimum absolute atomic E-state index is 0.00206. The lowest BCUT2D eigenvalue weighted by atomic mass is 9.99. The van der Waals surface area contributed by atoms with Crippen LogP contribution in [0.1, 0.15) is 11.1 Å². The molecule has 0 radical (unpaired) electrons. The summed E-state index contributed by atoms with van der Waals surface area (Å²) in [6.07, 6.45) is -9.51. The van der Waals surface area contributed by atoms with E-state index in [1.165, 1.54) is 37.3 Å². The summed E-state index contributed by atoms with van der Waals surface area (Å²) in [5.74, 6) is -0.549. The number of benzene rings is 2. The van der Waals surface area contributed by atoms with Gasteiger partial charge in [-0.3, -0.25) is 0 Å². The Kier molecular flexibility index (Phi) is 4.08. The Hall–Kier alpha value is -2.18. The van der Waals surface area contributed by atoms with E-state index in [1.54, 1.807) is 0 Å². The van der Waals surface area contributed by atoms with Crippen molar-refractivity contribution in [1.29, 1.82) is 0 Å². The minimum Gasteiger partial charge on any atom is -0.405 e. The lowest BCUT2D eigenvalue weighted by Crippen LogP contribution is -2.17. The highest BCUT2D eigenvalue weighted by molar-refractivity contribution is 5.71. The predicted octanol–water partition coefficient (Wildman–Crippen LogP) is 5.58. The van der Waals surface area contributed by atoms with E-state index in [-0.39, 0.29) is 16.7 Å². The zero-order valence-electron chi connectivity index (χ0n) is 11.2. The predicted molar refractivity (Wildman–Crippen MR) is 68.3 cm³/mol. The number of alkyl halides is 6. The van der Waals surface area contributed by atoms with Crippen LogP contribution in [0.5, 0.6) is 5.75 Å². The van der Waals surface area contributed by atoms with E-state index in [0.29, 0.717) is 0 Å². The quantitative estimate of drug-likeness (QED) is 0.656. The summed E-state index contributed by atoms with van der Waals surface area (Å²) in [6.45, 7) is 1.28. The molecule has 0 aliphatic carbocycles. The molecule has 1 nitrogen and oxygen atoms in total. The normalized spacial score (nSPS) is 12.3. The van der Waals surface area contributed by atoms with E-state index < -0.39 is 23.9 Å². The summed E-state index contributed by atoms with van der Waals surface area (Å²) in [5.41, 5.74) is -0.972. The largest absolute Gasteiger partial charge is 0.573 e. The fourth-order valence-corrected chi connectivity index (χ4v) is 2.01. The average molecular weight is 320 g/mol. The molecule has 2 rings (SSSR count). The van der Waals surface area contributed by atoms with Crippen LogP contribution < -0.4 is 4.74 Å². The van der Waals surface area contributed by atoms with Gasteiger partial charge in [0.25, 0.3) is 0 Å². The molecule has 0 saturated carbocycles. The number of rotatable bonds is 2. The standard InChI is InChI=1S/C15H10F6O/c1-9-6-7-10(8-12(9)14(16,17)18)11-4-2-3-5-13(11)22-15(19,20)21/h2-8H,1H3. The smallest absolute Gasteiger partial charge is 0.405 e. The van der Waals surface area contributed by atoms with Crippen LogP contribution in [0.2, 0.25) is 0 Å². The van der Waals surface area contributed by atoms with Crippen LogP contribution in [0.15, 0.2) is 42.5 Å². The van der Waals surface area contributed by atoms with Crippen LogP contribution >= 0.6 is 0 Å². The van der Waals surface area contributed by atoms with Gasteiger partial charge in [-0.1, -0.05) is 30.3 Å². The van der Waals surface area contributed by atoms with Crippen LogP contribution in [0.25, 0.3) is 11.1 Å². The van der Waals surface area contributed by atoms with Gasteiger partial charge in [0.05, 0.1) is 5.56 Å². The first-order valence-corrected chi connectivity index (χ1v) is 6.11. The van der Waals surface area contributed by atoms with Crippen molar-refractivity contribution in [2.45, 2.75) is 19.5 Å². The topological polar surface area (TPSA) is 9.23 Å². The third kappa shape index (κ3) is 3.72. The van der Waals surface area contributed by atoms with Gasteiger partial charge < -0.3 is 4.74 Å². The van der Waals surface area contributed by atoms with E-state index in [1.807, 2.05) is 0 Å². The first-order valence-electron chi connectivity index (χ1n) is 6.11. The summed E-state index contributed by atoms with van der Waals surface area (Å²) >= 11 is 0. The fraction of sp³-hybridized carbons (Fsp3) is 0.200. The Morgan fingerprint density at radius 2 is 1.50 bits per heavy atom. The number of ether oxygens (including phenoxy) is 1. The molecule has 0 bridgehead atoms. The molecule has 0 unspecified atom stereocenters. The van der Waals surface area contributed by atoms with Gasteiger partial charge in [0, 0.05) is 5.56 Å². The summed E-state index contributed by atoms with van der Waals surface area (Å²) in [4.78, 5) is 0. The Balaban J connectivity index is 2.54. The first kappa shape index (κ1) is 16.2. The van der Waals surface area contributed by atoms with Gasteiger partial charge in [-0.2, -0.15) is 13.2 Å². The number of hydrogen-bond donors (Lipinski definition) is 0. The van der Waals surface area contributed by atoms with Gasteiger partial charge in [0.2, 0.25) is 0 Å². The van der Waals surface area contributed by atoms with Crippen molar-refractivity contribution in [1.82, 2.24) is 0 Å². The van der Waals surface area contributed by atoms with Crippen molar-refractivity contribution in [3.8, 4) is 16.9 Å². The second-order valence-corrected chi connectivity index (χ2v) is 4.57. The van der Waals surface area contributed by atoms with Gasteiger partial charge in [-0.25, -0.2) is 0 Å². The van der Waals surface area contributed by atoms with Gasteiger partial charge in [0.1, 0.15) is 5.75 Å². The van der Waals surface area contributed by atoms with Crippen molar-refractivity contribution < 1.29 is 31.1 Å². The summed E-state index contributed by atoms with van der Waals surface area (Å²) < 4.78 is 79.7. The molecule has 0 aliphatic rings. The van der Waals surface area contributed by atoms with Gasteiger partial charge in [-0.05, 0) is 30.2 Å². The third-order valence-electron chi connectivity index (χ3n) is 2.97.